The van der Waals surface area contributed by atoms with Crippen molar-refractivity contribution in [3.8, 4) is 0 Å². The summed E-state index contributed by atoms with van der Waals surface area (Å²) >= 11 is 0. The Balaban J connectivity index is 1.76. The molecule has 0 unspecified atom stereocenters. The third kappa shape index (κ3) is 3.61. The molecular weight excluding hydrogens is 226 g/mol. The Morgan fingerprint density at radius 1 is 1.28 bits per heavy atom. The van der Waals surface area contributed by atoms with Crippen molar-refractivity contribution in [2.24, 2.45) is 16.1 Å². The molecule has 0 saturated heterocycles. The number of nitrogens with two attached hydrogens (primary N) is 1. The number of hydrogen-bond donors (Lipinski definition) is 2. The molecule has 2 saturated carbocycles. The minimum Gasteiger partial charge on any atom is -0.384 e. The summed E-state index contributed by atoms with van der Waals surface area (Å²) in [6.45, 7) is 1.62. The normalized spacial score (nSPS) is 24.6. The van der Waals surface area contributed by atoms with Crippen molar-refractivity contribution in [1.29, 1.82) is 0 Å². The zero-order chi connectivity index (χ0) is 12.8. The Bertz CT molecular complexity index is 281. The maximum absolute atomic E-state index is 5.98. The highest BCUT2D eigenvalue weighted by molar-refractivity contribution is 5.78. The zero-order valence-electron chi connectivity index (χ0n) is 11.6. The van der Waals surface area contributed by atoms with Crippen molar-refractivity contribution in [2.45, 2.75) is 57.4 Å². The van der Waals surface area contributed by atoms with Gasteiger partial charge in [0, 0.05) is 18.6 Å². The van der Waals surface area contributed by atoms with Crippen LogP contribution in [0.25, 0.3) is 0 Å². The van der Waals surface area contributed by atoms with Crippen LogP contribution in [0.5, 0.6) is 0 Å². The second-order valence-corrected chi connectivity index (χ2v) is 5.97. The number of rotatable bonds is 5. The van der Waals surface area contributed by atoms with Crippen LogP contribution < -0.4 is 11.1 Å². The van der Waals surface area contributed by atoms with Gasteiger partial charge in [-0.25, -0.2) is 0 Å². The van der Waals surface area contributed by atoms with Gasteiger partial charge in [-0.1, -0.05) is 25.7 Å². The van der Waals surface area contributed by atoms with Crippen LogP contribution in [0.15, 0.2) is 4.99 Å². The fourth-order valence-electron chi connectivity index (χ4n) is 3.09. The van der Waals surface area contributed by atoms with Crippen molar-refractivity contribution in [1.82, 2.24) is 5.32 Å². The molecular formula is C14H27N3O. The highest BCUT2D eigenvalue weighted by Gasteiger charge is 2.36. The second-order valence-electron chi connectivity index (χ2n) is 5.97. The molecule has 2 rings (SSSR count). The van der Waals surface area contributed by atoms with Gasteiger partial charge in [-0.05, 0) is 25.7 Å². The minimum atomic E-state index is 0.271. The van der Waals surface area contributed by atoms with E-state index in [1.165, 1.54) is 51.4 Å². The zero-order valence-corrected chi connectivity index (χ0v) is 11.6. The minimum absolute atomic E-state index is 0.271. The molecule has 2 aliphatic rings. The number of hydrogen-bond acceptors (Lipinski definition) is 2. The molecule has 0 aromatic heterocycles. The van der Waals surface area contributed by atoms with E-state index in [1.807, 2.05) is 0 Å². The van der Waals surface area contributed by atoms with Gasteiger partial charge in [0.05, 0.1) is 13.2 Å². The number of ether oxygens (including phenoxy) is 1. The van der Waals surface area contributed by atoms with Crippen LogP contribution in [0.1, 0.15) is 51.4 Å². The van der Waals surface area contributed by atoms with Crippen LogP contribution >= 0.6 is 0 Å². The van der Waals surface area contributed by atoms with E-state index in [0.717, 1.165) is 13.2 Å². The van der Waals surface area contributed by atoms with E-state index in [9.17, 15) is 0 Å². The second kappa shape index (κ2) is 6.41. The lowest BCUT2D eigenvalue weighted by atomic mass is 9.69. The molecule has 0 bridgehead atoms. The fourth-order valence-corrected chi connectivity index (χ4v) is 3.09. The molecule has 0 aromatic rings. The first-order valence-electron chi connectivity index (χ1n) is 7.29. The molecule has 0 atom stereocenters. The molecule has 3 N–H and O–H groups in total. The average Bonchev–Trinajstić information content (AvgIpc) is 2.34. The van der Waals surface area contributed by atoms with E-state index < -0.39 is 0 Å². The van der Waals surface area contributed by atoms with Gasteiger partial charge in [0.2, 0.25) is 0 Å². The summed E-state index contributed by atoms with van der Waals surface area (Å²) in [6, 6.07) is 0.544. The molecule has 2 aliphatic carbocycles. The topological polar surface area (TPSA) is 59.6 Å². The van der Waals surface area contributed by atoms with Crippen molar-refractivity contribution in [2.75, 3.05) is 20.3 Å². The Morgan fingerprint density at radius 3 is 2.56 bits per heavy atom. The van der Waals surface area contributed by atoms with Gasteiger partial charge in [0.15, 0.2) is 5.96 Å². The standard InChI is InChI=1S/C14H27N3O/c1-18-11-14(8-5-9-14)10-16-13(15)17-12-6-3-2-4-7-12/h12H,2-11H2,1H3,(H3,15,16,17). The van der Waals surface area contributed by atoms with Gasteiger partial charge in [-0.3, -0.25) is 4.99 Å². The highest BCUT2D eigenvalue weighted by Crippen LogP contribution is 2.41. The summed E-state index contributed by atoms with van der Waals surface area (Å²) in [6.07, 6.45) is 10.2. The van der Waals surface area contributed by atoms with Crippen LogP contribution in [-0.4, -0.2) is 32.3 Å². The average molecular weight is 253 g/mol. The van der Waals surface area contributed by atoms with Crippen molar-refractivity contribution < 1.29 is 4.74 Å². The molecule has 4 heteroatoms. The van der Waals surface area contributed by atoms with Crippen LogP contribution in [0.2, 0.25) is 0 Å². The fraction of sp³-hybridized carbons (Fsp3) is 0.929. The van der Waals surface area contributed by atoms with Gasteiger partial charge < -0.3 is 15.8 Å². The Labute approximate surface area is 110 Å². The smallest absolute Gasteiger partial charge is 0.188 e. The van der Waals surface area contributed by atoms with E-state index in [2.05, 4.69) is 10.3 Å². The predicted molar refractivity (Wildman–Crippen MR) is 74.7 cm³/mol. The molecule has 0 aliphatic heterocycles. The maximum atomic E-state index is 5.98. The molecule has 104 valence electrons. The first-order chi connectivity index (χ1) is 8.74. The first kappa shape index (κ1) is 13.7. The lowest BCUT2D eigenvalue weighted by Crippen LogP contribution is -2.43. The summed E-state index contributed by atoms with van der Waals surface area (Å²) in [5.74, 6) is 0.629. The maximum Gasteiger partial charge on any atom is 0.188 e. The Hall–Kier alpha value is -0.770. The molecule has 2 fully saturated rings. The Kier molecular flexibility index (Phi) is 4.87. The van der Waals surface area contributed by atoms with Gasteiger partial charge in [0.1, 0.15) is 0 Å². The molecule has 4 nitrogen and oxygen atoms in total. The summed E-state index contributed by atoms with van der Waals surface area (Å²) in [5.41, 5.74) is 6.26. The molecule has 0 radical (unpaired) electrons. The van der Waals surface area contributed by atoms with E-state index >= 15 is 0 Å². The summed E-state index contributed by atoms with van der Waals surface area (Å²) < 4.78 is 5.30. The lowest BCUT2D eigenvalue weighted by Gasteiger charge is -2.40. The largest absolute Gasteiger partial charge is 0.384 e. The van der Waals surface area contributed by atoms with Crippen LogP contribution in [-0.2, 0) is 4.74 Å². The summed E-state index contributed by atoms with van der Waals surface area (Å²) in [7, 11) is 1.77. The molecule has 0 heterocycles. The third-order valence-electron chi connectivity index (χ3n) is 4.41. The van der Waals surface area contributed by atoms with Crippen molar-refractivity contribution in [3.05, 3.63) is 0 Å². The van der Waals surface area contributed by atoms with E-state index in [1.54, 1.807) is 7.11 Å². The molecule has 18 heavy (non-hydrogen) atoms. The highest BCUT2D eigenvalue weighted by atomic mass is 16.5. The van der Waals surface area contributed by atoms with Gasteiger partial charge in [0.25, 0.3) is 0 Å². The number of aliphatic imine (C=N–C) groups is 1. The quantitative estimate of drug-likeness (QED) is 0.582. The van der Waals surface area contributed by atoms with Crippen LogP contribution in [0.3, 0.4) is 0 Å². The monoisotopic (exact) mass is 253 g/mol. The number of nitrogens with zero attached hydrogens (tertiary/aromatic N) is 1. The van der Waals surface area contributed by atoms with Crippen molar-refractivity contribution in [3.63, 3.8) is 0 Å². The lowest BCUT2D eigenvalue weighted by molar-refractivity contribution is 0.0252. The SMILES string of the molecule is COCC1(CN=C(N)NC2CCCCC2)CCC1. The van der Waals surface area contributed by atoms with E-state index in [4.69, 9.17) is 10.5 Å². The first-order valence-corrected chi connectivity index (χ1v) is 7.29. The number of methoxy groups -OCH3 is 1. The van der Waals surface area contributed by atoms with E-state index in [-0.39, 0.29) is 5.41 Å². The third-order valence-corrected chi connectivity index (χ3v) is 4.41. The summed E-state index contributed by atoms with van der Waals surface area (Å²) in [5, 5.41) is 3.37. The number of nitrogens with one attached hydrogen (secondary N) is 1. The van der Waals surface area contributed by atoms with Gasteiger partial charge in [-0.2, -0.15) is 0 Å². The number of guanidine groups is 1. The van der Waals surface area contributed by atoms with E-state index in [0.29, 0.717) is 12.0 Å². The summed E-state index contributed by atoms with van der Waals surface area (Å²) in [4.78, 5) is 4.53. The molecule has 0 amide bonds. The van der Waals surface area contributed by atoms with Gasteiger partial charge in [-0.15, -0.1) is 0 Å². The van der Waals surface area contributed by atoms with Gasteiger partial charge >= 0.3 is 0 Å². The Morgan fingerprint density at radius 2 is 2.00 bits per heavy atom. The molecule has 0 spiro atoms. The van der Waals surface area contributed by atoms with Crippen LogP contribution in [0, 0.1) is 5.41 Å². The predicted octanol–water partition coefficient (Wildman–Crippen LogP) is 2.04. The van der Waals surface area contributed by atoms with Crippen LogP contribution in [0.4, 0.5) is 0 Å². The molecule has 0 aromatic carbocycles. The van der Waals surface area contributed by atoms with Crippen molar-refractivity contribution >= 4 is 5.96 Å².